The van der Waals surface area contributed by atoms with Crippen molar-refractivity contribution < 1.29 is 4.79 Å². The Balaban J connectivity index is 1.30. The molecule has 0 saturated carbocycles. The van der Waals surface area contributed by atoms with Gasteiger partial charge in [-0.15, -0.1) is 0 Å². The molecule has 146 valence electrons. The third-order valence-electron chi connectivity index (χ3n) is 5.56. The Morgan fingerprint density at radius 1 is 1.03 bits per heavy atom. The van der Waals surface area contributed by atoms with Gasteiger partial charge < -0.3 is 14.9 Å². The van der Waals surface area contributed by atoms with Crippen molar-refractivity contribution in [3.8, 4) is 0 Å². The fraction of sp³-hybridized carbons (Fsp3) is 0.217. The Bertz CT molecular complexity index is 1140. The summed E-state index contributed by atoms with van der Waals surface area (Å²) in [6.07, 6.45) is 4.64. The van der Waals surface area contributed by atoms with E-state index in [4.69, 9.17) is 0 Å². The average Bonchev–Trinajstić information content (AvgIpc) is 3.29. The van der Waals surface area contributed by atoms with Crippen LogP contribution in [0.2, 0.25) is 0 Å². The van der Waals surface area contributed by atoms with Crippen molar-refractivity contribution >= 4 is 22.5 Å². The van der Waals surface area contributed by atoms with E-state index in [1.807, 2.05) is 30.3 Å². The zero-order valence-corrected chi connectivity index (χ0v) is 16.1. The van der Waals surface area contributed by atoms with Crippen LogP contribution in [0, 0.1) is 0 Å². The molecule has 0 spiro atoms. The third kappa shape index (κ3) is 3.54. The summed E-state index contributed by atoms with van der Waals surface area (Å²) in [4.78, 5) is 23.1. The number of hydrogen-bond donors (Lipinski definition) is 2. The highest BCUT2D eigenvalue weighted by Crippen LogP contribution is 2.21. The maximum absolute atomic E-state index is 12.8. The number of hydrogen-bond acceptors (Lipinski definition) is 3. The lowest BCUT2D eigenvalue weighted by Gasteiger charge is -2.19. The lowest BCUT2D eigenvalue weighted by atomic mass is 10.1. The summed E-state index contributed by atoms with van der Waals surface area (Å²) in [5.74, 6) is 0.865. The molecule has 2 N–H and O–H groups in total. The Morgan fingerprint density at radius 3 is 2.76 bits per heavy atom. The third-order valence-corrected chi connectivity index (χ3v) is 5.56. The maximum atomic E-state index is 12.8. The summed E-state index contributed by atoms with van der Waals surface area (Å²) in [6, 6.07) is 17.9. The molecule has 1 aliphatic heterocycles. The van der Waals surface area contributed by atoms with E-state index >= 15 is 0 Å². The number of carbonyl (C=O) groups excluding carboxylic acids is 1. The lowest BCUT2D eigenvalue weighted by molar-refractivity contribution is 0.101. The standard InChI is InChI=1S/C23H23N5O/c29-23(26-18-6-2-1-3-7-18)21-15-25-22-10-11-27(12-13-28(21)22)16-17-14-24-20-9-5-4-8-19(17)20/h1-9,14-15,24H,10-13,16H2,(H,26,29). The van der Waals surface area contributed by atoms with Crippen molar-refractivity contribution in [2.24, 2.45) is 0 Å². The number of carbonyl (C=O) groups is 1. The Hall–Kier alpha value is -3.38. The van der Waals surface area contributed by atoms with Crippen LogP contribution in [0.5, 0.6) is 0 Å². The first kappa shape index (κ1) is 17.7. The number of H-pyrrole nitrogens is 1. The van der Waals surface area contributed by atoms with Gasteiger partial charge in [0.2, 0.25) is 0 Å². The van der Waals surface area contributed by atoms with Crippen LogP contribution in [0.3, 0.4) is 0 Å². The fourth-order valence-electron chi connectivity index (χ4n) is 4.03. The molecular weight excluding hydrogens is 362 g/mol. The lowest BCUT2D eigenvalue weighted by Crippen LogP contribution is -2.27. The minimum Gasteiger partial charge on any atom is -0.361 e. The molecule has 2 aromatic carbocycles. The van der Waals surface area contributed by atoms with Crippen molar-refractivity contribution in [1.29, 1.82) is 0 Å². The highest BCUT2D eigenvalue weighted by Gasteiger charge is 2.21. The molecule has 0 saturated heterocycles. The highest BCUT2D eigenvalue weighted by molar-refractivity contribution is 6.03. The first-order valence-corrected chi connectivity index (χ1v) is 9.96. The maximum Gasteiger partial charge on any atom is 0.273 e. The van der Waals surface area contributed by atoms with Crippen LogP contribution >= 0.6 is 0 Å². The Labute approximate surface area is 169 Å². The van der Waals surface area contributed by atoms with E-state index in [0.29, 0.717) is 5.69 Å². The number of rotatable bonds is 4. The van der Waals surface area contributed by atoms with E-state index in [1.165, 1.54) is 16.5 Å². The summed E-state index contributed by atoms with van der Waals surface area (Å²) < 4.78 is 2.06. The topological polar surface area (TPSA) is 66.0 Å². The Morgan fingerprint density at radius 2 is 1.86 bits per heavy atom. The molecule has 1 aliphatic rings. The molecule has 0 unspecified atom stereocenters. The number of nitrogens with one attached hydrogen (secondary N) is 2. The van der Waals surface area contributed by atoms with E-state index in [2.05, 4.69) is 55.2 Å². The molecule has 0 aliphatic carbocycles. The number of para-hydroxylation sites is 2. The number of amides is 1. The number of aromatic amines is 1. The highest BCUT2D eigenvalue weighted by atomic mass is 16.2. The van der Waals surface area contributed by atoms with Gasteiger partial charge in [0.25, 0.3) is 5.91 Å². The molecule has 1 amide bonds. The van der Waals surface area contributed by atoms with E-state index in [-0.39, 0.29) is 5.91 Å². The SMILES string of the molecule is O=C(Nc1ccccc1)c1cnc2n1CCN(Cc1c[nH]c3ccccc13)CC2. The second-order valence-corrected chi connectivity index (χ2v) is 7.42. The molecule has 0 fully saturated rings. The van der Waals surface area contributed by atoms with Crippen molar-refractivity contribution in [2.45, 2.75) is 19.5 Å². The molecular formula is C23H23N5O. The quantitative estimate of drug-likeness (QED) is 0.563. The number of benzene rings is 2. The van der Waals surface area contributed by atoms with Crippen LogP contribution in [0.1, 0.15) is 21.9 Å². The second kappa shape index (κ2) is 7.56. The van der Waals surface area contributed by atoms with E-state index in [0.717, 1.165) is 44.1 Å². The van der Waals surface area contributed by atoms with Crippen LogP contribution in [0.15, 0.2) is 67.0 Å². The summed E-state index contributed by atoms with van der Waals surface area (Å²) in [5.41, 5.74) is 3.90. The minimum atomic E-state index is -0.111. The Kier molecular flexibility index (Phi) is 4.62. The molecule has 3 heterocycles. The first-order chi connectivity index (χ1) is 14.3. The molecule has 0 bridgehead atoms. The van der Waals surface area contributed by atoms with Crippen LogP contribution < -0.4 is 5.32 Å². The average molecular weight is 385 g/mol. The van der Waals surface area contributed by atoms with Gasteiger partial charge >= 0.3 is 0 Å². The van der Waals surface area contributed by atoms with Gasteiger partial charge in [-0.05, 0) is 23.8 Å². The van der Waals surface area contributed by atoms with Gasteiger partial charge in [0.1, 0.15) is 11.5 Å². The second-order valence-electron chi connectivity index (χ2n) is 7.42. The van der Waals surface area contributed by atoms with Gasteiger partial charge in [0, 0.05) is 55.4 Å². The van der Waals surface area contributed by atoms with Gasteiger partial charge in [-0.3, -0.25) is 9.69 Å². The minimum absolute atomic E-state index is 0.111. The largest absolute Gasteiger partial charge is 0.361 e. The fourth-order valence-corrected chi connectivity index (χ4v) is 4.03. The van der Waals surface area contributed by atoms with Crippen LogP contribution in [0.4, 0.5) is 5.69 Å². The normalized spacial score (nSPS) is 14.5. The molecule has 0 radical (unpaired) electrons. The van der Waals surface area contributed by atoms with E-state index < -0.39 is 0 Å². The zero-order valence-electron chi connectivity index (χ0n) is 16.1. The number of fused-ring (bicyclic) bond motifs is 2. The molecule has 2 aromatic heterocycles. The van der Waals surface area contributed by atoms with Gasteiger partial charge in [-0.1, -0.05) is 36.4 Å². The number of anilines is 1. The van der Waals surface area contributed by atoms with Gasteiger partial charge in [0.15, 0.2) is 0 Å². The van der Waals surface area contributed by atoms with Crippen molar-refractivity contribution in [2.75, 3.05) is 18.4 Å². The number of imidazole rings is 1. The van der Waals surface area contributed by atoms with Crippen molar-refractivity contribution in [3.05, 3.63) is 84.1 Å². The smallest absolute Gasteiger partial charge is 0.273 e. The van der Waals surface area contributed by atoms with E-state index in [9.17, 15) is 4.79 Å². The predicted octanol–water partition coefficient (Wildman–Crippen LogP) is 3.68. The van der Waals surface area contributed by atoms with Gasteiger partial charge in [0.05, 0.1) is 6.20 Å². The summed E-state index contributed by atoms with van der Waals surface area (Å²) >= 11 is 0. The van der Waals surface area contributed by atoms with Crippen LogP contribution in [-0.4, -0.2) is 38.4 Å². The number of aromatic nitrogens is 3. The van der Waals surface area contributed by atoms with Crippen LogP contribution in [0.25, 0.3) is 10.9 Å². The molecule has 29 heavy (non-hydrogen) atoms. The summed E-state index contributed by atoms with van der Waals surface area (Å²) in [7, 11) is 0. The van der Waals surface area contributed by atoms with Crippen molar-refractivity contribution in [3.63, 3.8) is 0 Å². The van der Waals surface area contributed by atoms with E-state index in [1.54, 1.807) is 6.20 Å². The first-order valence-electron chi connectivity index (χ1n) is 9.96. The molecule has 0 atom stereocenters. The molecule has 6 nitrogen and oxygen atoms in total. The number of nitrogens with zero attached hydrogens (tertiary/aromatic N) is 3. The monoisotopic (exact) mass is 385 g/mol. The molecule has 6 heteroatoms. The van der Waals surface area contributed by atoms with Crippen molar-refractivity contribution in [1.82, 2.24) is 19.4 Å². The zero-order chi connectivity index (χ0) is 19.6. The van der Waals surface area contributed by atoms with Crippen LogP contribution in [-0.2, 0) is 19.5 Å². The molecule has 4 aromatic rings. The van der Waals surface area contributed by atoms with Gasteiger partial charge in [-0.2, -0.15) is 0 Å². The van der Waals surface area contributed by atoms with Gasteiger partial charge in [-0.25, -0.2) is 4.98 Å². The predicted molar refractivity (Wildman–Crippen MR) is 114 cm³/mol. The summed E-state index contributed by atoms with van der Waals surface area (Å²) in [6.45, 7) is 3.46. The molecule has 5 rings (SSSR count). The summed E-state index contributed by atoms with van der Waals surface area (Å²) in [5, 5.41) is 4.24.